The molecule has 1 N–H and O–H groups in total. The van der Waals surface area contributed by atoms with E-state index < -0.39 is 10.0 Å². The first kappa shape index (κ1) is 17.4. The van der Waals surface area contributed by atoms with Crippen LogP contribution in [-0.4, -0.2) is 23.2 Å². The highest BCUT2D eigenvalue weighted by Crippen LogP contribution is 2.26. The van der Waals surface area contributed by atoms with Gasteiger partial charge in [0.05, 0.1) is 16.3 Å². The van der Waals surface area contributed by atoms with Crippen molar-refractivity contribution in [2.75, 3.05) is 4.72 Å². The number of anilines is 1. The molecule has 3 rings (SSSR count). The molecule has 0 saturated heterocycles. The van der Waals surface area contributed by atoms with Gasteiger partial charge in [-0.1, -0.05) is 37.1 Å². The summed E-state index contributed by atoms with van der Waals surface area (Å²) < 4.78 is 29.5. The summed E-state index contributed by atoms with van der Waals surface area (Å²) in [4.78, 5) is 4.08. The van der Waals surface area contributed by atoms with Crippen LogP contribution in [0.2, 0.25) is 5.02 Å². The van der Waals surface area contributed by atoms with E-state index in [-0.39, 0.29) is 4.90 Å². The first-order chi connectivity index (χ1) is 12.0. The highest BCUT2D eigenvalue weighted by molar-refractivity contribution is 7.92. The second-order valence-electron chi connectivity index (χ2n) is 5.50. The number of nitrogens with zero attached hydrogens (tertiary/aromatic N) is 3. The third-order valence-electron chi connectivity index (χ3n) is 3.64. The molecule has 0 unspecified atom stereocenters. The van der Waals surface area contributed by atoms with Gasteiger partial charge in [-0.15, -0.1) is 0 Å². The molecule has 8 heteroatoms. The molecular weight excluding hydrogens is 360 g/mol. The Morgan fingerprint density at radius 2 is 1.92 bits per heavy atom. The molecule has 0 radical (unpaired) electrons. The van der Waals surface area contributed by atoms with Crippen molar-refractivity contribution in [2.45, 2.75) is 24.7 Å². The topological polar surface area (TPSA) is 76.9 Å². The van der Waals surface area contributed by atoms with Crippen molar-refractivity contribution in [3.8, 4) is 5.69 Å². The lowest BCUT2D eigenvalue weighted by Gasteiger charge is -2.13. The van der Waals surface area contributed by atoms with Gasteiger partial charge >= 0.3 is 0 Å². The van der Waals surface area contributed by atoms with Crippen LogP contribution >= 0.6 is 11.6 Å². The maximum atomic E-state index is 12.7. The van der Waals surface area contributed by atoms with Crippen LogP contribution in [-0.2, 0) is 16.4 Å². The van der Waals surface area contributed by atoms with Crippen LogP contribution in [0.25, 0.3) is 5.69 Å². The SMILES string of the molecule is CCCc1ccc(S(=O)(=O)Nc2cc(Cl)ccc2-n2cncn2)cc1. The molecule has 0 aliphatic heterocycles. The van der Waals surface area contributed by atoms with E-state index in [2.05, 4.69) is 21.7 Å². The van der Waals surface area contributed by atoms with Crippen LogP contribution in [0.3, 0.4) is 0 Å². The van der Waals surface area contributed by atoms with Gasteiger partial charge in [-0.2, -0.15) is 5.10 Å². The zero-order valence-corrected chi connectivity index (χ0v) is 15.1. The predicted molar refractivity (Wildman–Crippen MR) is 97.6 cm³/mol. The van der Waals surface area contributed by atoms with E-state index in [9.17, 15) is 8.42 Å². The number of nitrogens with one attached hydrogen (secondary N) is 1. The quantitative estimate of drug-likeness (QED) is 0.712. The normalized spacial score (nSPS) is 11.4. The molecule has 0 bridgehead atoms. The predicted octanol–water partition coefficient (Wildman–Crippen LogP) is 3.67. The number of rotatable bonds is 6. The number of hydrogen-bond acceptors (Lipinski definition) is 4. The van der Waals surface area contributed by atoms with Gasteiger partial charge in [0, 0.05) is 5.02 Å². The number of benzene rings is 2. The molecule has 0 amide bonds. The van der Waals surface area contributed by atoms with E-state index in [1.807, 2.05) is 12.1 Å². The smallest absolute Gasteiger partial charge is 0.261 e. The van der Waals surface area contributed by atoms with Gasteiger partial charge in [-0.25, -0.2) is 18.1 Å². The fourth-order valence-electron chi connectivity index (χ4n) is 2.45. The lowest BCUT2D eigenvalue weighted by Crippen LogP contribution is -2.15. The maximum absolute atomic E-state index is 12.7. The number of aryl methyl sites for hydroxylation is 1. The number of halogens is 1. The van der Waals surface area contributed by atoms with Crippen LogP contribution < -0.4 is 4.72 Å². The minimum Gasteiger partial charge on any atom is -0.277 e. The van der Waals surface area contributed by atoms with Crippen LogP contribution in [0.15, 0.2) is 60.0 Å². The molecule has 130 valence electrons. The highest BCUT2D eigenvalue weighted by atomic mass is 35.5. The first-order valence-electron chi connectivity index (χ1n) is 7.76. The van der Waals surface area contributed by atoms with Gasteiger partial charge in [-0.3, -0.25) is 4.72 Å². The van der Waals surface area contributed by atoms with Gasteiger partial charge in [0.15, 0.2) is 0 Å². The van der Waals surface area contributed by atoms with Crippen molar-refractivity contribution >= 4 is 27.3 Å². The largest absolute Gasteiger partial charge is 0.277 e. The zero-order chi connectivity index (χ0) is 17.9. The standard InChI is InChI=1S/C17H17ClN4O2S/c1-2-3-13-4-7-15(8-5-13)25(23,24)21-16-10-14(18)6-9-17(16)22-12-19-11-20-22/h4-12,21H,2-3H2,1H3. The highest BCUT2D eigenvalue weighted by Gasteiger charge is 2.17. The Labute approximate surface area is 151 Å². The summed E-state index contributed by atoms with van der Waals surface area (Å²) >= 11 is 6.03. The first-order valence-corrected chi connectivity index (χ1v) is 9.62. The lowest BCUT2D eigenvalue weighted by molar-refractivity contribution is 0.601. The number of aromatic nitrogens is 3. The van der Waals surface area contributed by atoms with Gasteiger partial charge in [0.25, 0.3) is 10.0 Å². The Balaban J connectivity index is 1.94. The molecule has 1 aromatic heterocycles. The van der Waals surface area contributed by atoms with Crippen molar-refractivity contribution < 1.29 is 8.42 Å². The molecule has 1 heterocycles. The number of sulfonamides is 1. The maximum Gasteiger partial charge on any atom is 0.261 e. The molecule has 0 saturated carbocycles. The molecule has 0 aliphatic carbocycles. The minimum atomic E-state index is -3.75. The molecule has 0 atom stereocenters. The molecule has 0 aliphatic rings. The van der Waals surface area contributed by atoms with Crippen LogP contribution in [0.4, 0.5) is 5.69 Å². The van der Waals surface area contributed by atoms with Crippen molar-refractivity contribution in [2.24, 2.45) is 0 Å². The lowest BCUT2D eigenvalue weighted by atomic mass is 10.1. The second kappa shape index (κ2) is 7.25. The Bertz CT molecular complexity index is 955. The molecule has 0 spiro atoms. The molecule has 25 heavy (non-hydrogen) atoms. The molecule has 0 fully saturated rings. The van der Waals surface area contributed by atoms with E-state index in [0.29, 0.717) is 16.4 Å². The van der Waals surface area contributed by atoms with Crippen LogP contribution in [0.1, 0.15) is 18.9 Å². The fourth-order valence-corrected chi connectivity index (χ4v) is 3.69. The molecule has 6 nitrogen and oxygen atoms in total. The van der Waals surface area contributed by atoms with E-state index >= 15 is 0 Å². The van der Waals surface area contributed by atoms with E-state index in [1.165, 1.54) is 17.3 Å². The third kappa shape index (κ3) is 4.00. The Morgan fingerprint density at radius 3 is 2.56 bits per heavy atom. The summed E-state index contributed by atoms with van der Waals surface area (Å²) in [7, 11) is -3.75. The molecule has 2 aromatic carbocycles. The molecular formula is C17H17ClN4O2S. The van der Waals surface area contributed by atoms with Crippen molar-refractivity contribution in [1.82, 2.24) is 14.8 Å². The van der Waals surface area contributed by atoms with Gasteiger partial charge in [0.1, 0.15) is 12.7 Å². The average molecular weight is 377 g/mol. The van der Waals surface area contributed by atoms with Crippen LogP contribution in [0.5, 0.6) is 0 Å². The summed E-state index contributed by atoms with van der Waals surface area (Å²) in [6.07, 6.45) is 4.78. The minimum absolute atomic E-state index is 0.192. The second-order valence-corrected chi connectivity index (χ2v) is 7.62. The summed E-state index contributed by atoms with van der Waals surface area (Å²) in [6, 6.07) is 11.7. The van der Waals surface area contributed by atoms with Crippen molar-refractivity contribution in [3.05, 3.63) is 65.7 Å². The average Bonchev–Trinajstić information content (AvgIpc) is 3.10. The Morgan fingerprint density at radius 1 is 1.16 bits per heavy atom. The van der Waals surface area contributed by atoms with E-state index in [1.54, 1.807) is 30.3 Å². The summed E-state index contributed by atoms with van der Waals surface area (Å²) in [5, 5.41) is 4.46. The van der Waals surface area contributed by atoms with Gasteiger partial charge in [-0.05, 0) is 42.3 Å². The third-order valence-corrected chi connectivity index (χ3v) is 5.26. The van der Waals surface area contributed by atoms with Crippen molar-refractivity contribution in [3.63, 3.8) is 0 Å². The van der Waals surface area contributed by atoms with Gasteiger partial charge < -0.3 is 0 Å². The Hall–Kier alpha value is -2.38. The Kier molecular flexibility index (Phi) is 5.06. The van der Waals surface area contributed by atoms with E-state index in [0.717, 1.165) is 18.4 Å². The summed E-state index contributed by atoms with van der Waals surface area (Å²) in [6.45, 7) is 2.08. The molecule has 3 aromatic rings. The monoisotopic (exact) mass is 376 g/mol. The zero-order valence-electron chi connectivity index (χ0n) is 13.6. The van der Waals surface area contributed by atoms with Gasteiger partial charge in [0.2, 0.25) is 0 Å². The number of hydrogen-bond donors (Lipinski definition) is 1. The van der Waals surface area contributed by atoms with Crippen LogP contribution in [0, 0.1) is 0 Å². The fraction of sp³-hybridized carbons (Fsp3) is 0.176. The van der Waals surface area contributed by atoms with Crippen molar-refractivity contribution in [1.29, 1.82) is 0 Å². The summed E-state index contributed by atoms with van der Waals surface area (Å²) in [5.74, 6) is 0. The van der Waals surface area contributed by atoms with E-state index in [4.69, 9.17) is 11.6 Å². The summed E-state index contributed by atoms with van der Waals surface area (Å²) in [5.41, 5.74) is 1.97.